The molecule has 0 saturated carbocycles. The highest BCUT2D eigenvalue weighted by atomic mass is 32.2. The van der Waals surface area contributed by atoms with Crippen molar-refractivity contribution in [3.8, 4) is 33.4 Å². The molecule has 2 atom stereocenters. The molecule has 8 rings (SSSR count). The van der Waals surface area contributed by atoms with Crippen molar-refractivity contribution in [2.45, 2.75) is 9.79 Å². The number of benzene rings is 4. The van der Waals surface area contributed by atoms with Gasteiger partial charge < -0.3 is 8.42 Å². The maximum absolute atomic E-state index is 13.4. The van der Waals surface area contributed by atoms with Crippen molar-refractivity contribution in [2.75, 3.05) is 0 Å². The van der Waals surface area contributed by atoms with Crippen molar-refractivity contribution in [1.82, 2.24) is 0 Å². The average molecular weight is 609 g/mol. The van der Waals surface area contributed by atoms with Gasteiger partial charge in [0.1, 0.15) is 0 Å². The number of hydrogen-bond acceptors (Lipinski definition) is 6. The van der Waals surface area contributed by atoms with Crippen molar-refractivity contribution >= 4 is 42.1 Å². The Balaban J connectivity index is 1.15. The first-order valence-corrected chi connectivity index (χ1v) is 16.6. The molecule has 2 heterocycles. The Morgan fingerprint density at radius 2 is 0.841 bits per heavy atom. The second-order valence-corrected chi connectivity index (χ2v) is 14.0. The Labute approximate surface area is 258 Å². The molecule has 0 spiro atoms. The first-order valence-electron chi connectivity index (χ1n) is 14.3. The minimum Gasteiger partial charge on any atom is -0.457 e. The predicted molar refractivity (Wildman–Crippen MR) is 178 cm³/mol. The average Bonchev–Trinajstić information content (AvgIpc) is 3.09. The molecular weight excluding hydrogens is 585 g/mol. The van der Waals surface area contributed by atoms with E-state index in [1.165, 1.54) is 0 Å². The van der Waals surface area contributed by atoms with Crippen LogP contribution in [0.25, 0.3) is 33.4 Å². The summed E-state index contributed by atoms with van der Waals surface area (Å²) in [4.78, 5) is 29.1. The lowest BCUT2D eigenvalue weighted by molar-refractivity contribution is 0.0961. The number of allylic oxidation sites excluding steroid dienone is 8. The number of carbonyl (C=O) groups is 2. The molecule has 0 fully saturated rings. The van der Waals surface area contributed by atoms with Crippen molar-refractivity contribution in [3.63, 3.8) is 0 Å². The maximum atomic E-state index is 13.4. The molecule has 214 valence electrons. The zero-order valence-electron chi connectivity index (χ0n) is 23.3. The minimum absolute atomic E-state index is 0.0293. The van der Waals surface area contributed by atoms with Crippen molar-refractivity contribution in [3.05, 3.63) is 145 Å². The van der Waals surface area contributed by atoms with E-state index >= 15 is 0 Å². The molecule has 0 N–H and O–H groups in total. The van der Waals surface area contributed by atoms with Gasteiger partial charge >= 0.3 is 0 Å². The van der Waals surface area contributed by atoms with E-state index in [1.54, 1.807) is 12.2 Å². The third kappa shape index (κ3) is 4.25. The molecule has 4 aliphatic rings. The minimum atomic E-state index is -1.37. The smallest absolute Gasteiger partial charge is 0.170 e. The van der Waals surface area contributed by atoms with Gasteiger partial charge in [-0.25, -0.2) is 20.8 Å². The lowest BCUT2D eigenvalue weighted by Crippen LogP contribution is -2.29. The van der Waals surface area contributed by atoms with Gasteiger partial charge in [-0.3, -0.25) is 9.59 Å². The summed E-state index contributed by atoms with van der Waals surface area (Å²) in [5.41, 5.74) is 6.69. The van der Waals surface area contributed by atoms with Crippen LogP contribution in [0.5, 0.6) is 0 Å². The third-order valence-electron chi connectivity index (χ3n) is 8.57. The Bertz CT molecular complexity index is 2110. The fourth-order valence-corrected chi connectivity index (χ4v) is 9.16. The zero-order chi connectivity index (χ0) is 29.9. The first-order chi connectivity index (χ1) is 21.5. The van der Waals surface area contributed by atoms with Crippen LogP contribution in [-0.2, 0) is 29.2 Å². The fraction of sp³-hybridized carbons (Fsp3) is 0.0526. The van der Waals surface area contributed by atoms with E-state index in [0.717, 1.165) is 33.4 Å². The van der Waals surface area contributed by atoms with Crippen LogP contribution in [-0.4, -0.2) is 21.3 Å². The standard InChI is InChI=1S/C38H24O4S2/c39-37-29-11-1-3-13-33(29)43(41)35-17-15-27(21-31(35)37)25-9-5-7-23(19-25)24-8-6-10-26(20-24)28-16-18-36-32(22-28)38(40)30-12-2-4-14-34(30)44(36)42/h1-22,29-30H/q-2. The van der Waals surface area contributed by atoms with E-state index < -0.39 is 32.6 Å². The fourth-order valence-electron chi connectivity index (χ4n) is 6.31. The zero-order valence-corrected chi connectivity index (χ0v) is 24.9. The SMILES string of the molecule is O=C1c2cc(-c3cccc(-c4cccc(-c5ccc6c(c5)C(=O)C5C=CC=CC5=[S-]6=O)c4)c3)ccc2[S-](=O)=C2C=CC=CC12. The van der Waals surface area contributed by atoms with Crippen LogP contribution >= 0.6 is 0 Å². The van der Waals surface area contributed by atoms with E-state index in [4.69, 9.17) is 0 Å². The monoisotopic (exact) mass is 608 g/mol. The van der Waals surface area contributed by atoms with Gasteiger partial charge in [0.15, 0.2) is 11.6 Å². The first kappa shape index (κ1) is 26.8. The Morgan fingerprint density at radius 1 is 0.455 bits per heavy atom. The molecule has 0 bridgehead atoms. The van der Waals surface area contributed by atoms with Gasteiger partial charge in [-0.1, -0.05) is 109 Å². The second-order valence-electron chi connectivity index (χ2n) is 11.1. The van der Waals surface area contributed by atoms with Gasteiger partial charge in [-0.05, 0) is 57.6 Å². The molecular formula is C38H24O4S2-2. The van der Waals surface area contributed by atoms with Gasteiger partial charge in [0.25, 0.3) is 0 Å². The summed E-state index contributed by atoms with van der Waals surface area (Å²) in [5, 5.41) is 0. The number of carbonyl (C=O) groups excluding carboxylic acids is 2. The normalized spacial score (nSPS) is 20.4. The molecule has 0 amide bonds. The molecule has 0 radical (unpaired) electrons. The molecule has 44 heavy (non-hydrogen) atoms. The lowest BCUT2D eigenvalue weighted by atomic mass is 9.89. The molecule has 2 unspecified atom stereocenters. The van der Waals surface area contributed by atoms with E-state index in [0.29, 0.717) is 30.6 Å². The molecule has 4 aromatic carbocycles. The highest BCUT2D eigenvalue weighted by Crippen LogP contribution is 2.35. The Kier molecular flexibility index (Phi) is 6.36. The number of hydrogen-bond donors (Lipinski definition) is 0. The highest BCUT2D eigenvalue weighted by molar-refractivity contribution is 7.86. The molecule has 6 heteroatoms. The third-order valence-corrected chi connectivity index (χ3v) is 11.7. The van der Waals surface area contributed by atoms with Crippen molar-refractivity contribution in [2.24, 2.45) is 11.8 Å². The molecule has 4 aromatic rings. The van der Waals surface area contributed by atoms with Crippen molar-refractivity contribution in [1.29, 1.82) is 0 Å². The predicted octanol–water partition coefficient (Wildman–Crippen LogP) is 7.55. The number of Topliss-reactive ketones (excluding diaryl/α,β-unsaturated/α-hetero) is 2. The topological polar surface area (TPSA) is 68.3 Å². The molecule has 0 aromatic heterocycles. The van der Waals surface area contributed by atoms with E-state index in [9.17, 15) is 18.0 Å². The van der Waals surface area contributed by atoms with Gasteiger partial charge in [0, 0.05) is 23.0 Å². The van der Waals surface area contributed by atoms with E-state index in [1.807, 2.05) is 109 Å². The summed E-state index contributed by atoms with van der Waals surface area (Å²) in [6, 6.07) is 27.5. The summed E-state index contributed by atoms with van der Waals surface area (Å²) in [6.45, 7) is 0. The summed E-state index contributed by atoms with van der Waals surface area (Å²) in [5.74, 6) is -1.02. The quantitative estimate of drug-likeness (QED) is 0.178. The van der Waals surface area contributed by atoms with Crippen LogP contribution in [0.3, 0.4) is 0 Å². The summed E-state index contributed by atoms with van der Waals surface area (Å²) in [7, 11) is -2.73. The van der Waals surface area contributed by atoms with Crippen LogP contribution in [0.4, 0.5) is 0 Å². The number of rotatable bonds is 3. The van der Waals surface area contributed by atoms with Crippen LogP contribution in [0, 0.1) is 11.8 Å². The van der Waals surface area contributed by atoms with Crippen LogP contribution in [0.15, 0.2) is 143 Å². The van der Waals surface area contributed by atoms with Gasteiger partial charge in [0.2, 0.25) is 0 Å². The molecule has 0 saturated heterocycles. The van der Waals surface area contributed by atoms with Crippen LogP contribution in [0.2, 0.25) is 0 Å². The van der Waals surface area contributed by atoms with Crippen molar-refractivity contribution < 1.29 is 18.0 Å². The molecule has 2 aliphatic heterocycles. The molecule has 4 nitrogen and oxygen atoms in total. The number of fused-ring (bicyclic) bond motifs is 4. The second kappa shape index (κ2) is 10.4. The molecule has 2 aliphatic carbocycles. The Hall–Kier alpha value is -4.78. The summed E-state index contributed by atoms with van der Waals surface area (Å²) < 4.78 is 26.4. The Morgan fingerprint density at radius 3 is 1.25 bits per heavy atom. The van der Waals surface area contributed by atoms with Crippen LogP contribution < -0.4 is 0 Å². The number of ketones is 2. The van der Waals surface area contributed by atoms with E-state index in [-0.39, 0.29) is 11.6 Å². The largest absolute Gasteiger partial charge is 0.457 e. The summed E-state index contributed by atoms with van der Waals surface area (Å²) >= 11 is 0. The van der Waals surface area contributed by atoms with Gasteiger partial charge in [-0.2, -0.15) is 0 Å². The van der Waals surface area contributed by atoms with Gasteiger partial charge in [0.05, 0.1) is 0 Å². The lowest BCUT2D eigenvalue weighted by Gasteiger charge is -2.30. The van der Waals surface area contributed by atoms with Gasteiger partial charge in [-0.15, -0.1) is 19.5 Å². The van der Waals surface area contributed by atoms with Crippen LogP contribution in [0.1, 0.15) is 20.7 Å². The van der Waals surface area contributed by atoms with E-state index in [2.05, 4.69) is 12.1 Å². The highest BCUT2D eigenvalue weighted by Gasteiger charge is 2.26. The summed E-state index contributed by atoms with van der Waals surface area (Å²) in [6.07, 6.45) is 14.5. The maximum Gasteiger partial charge on any atom is 0.170 e.